The fourth-order valence-corrected chi connectivity index (χ4v) is 7.13. The third kappa shape index (κ3) is 4.84. The molecule has 0 aliphatic heterocycles. The van der Waals surface area contributed by atoms with Crippen molar-refractivity contribution in [3.05, 3.63) is 170 Å². The van der Waals surface area contributed by atoms with Crippen molar-refractivity contribution in [3.8, 4) is 33.4 Å². The Hall–Kier alpha value is -5.51. The maximum atomic E-state index is 4.42. The summed E-state index contributed by atoms with van der Waals surface area (Å²) >= 11 is 1.82. The molecule has 0 aliphatic carbocycles. The van der Waals surface area contributed by atoms with Gasteiger partial charge >= 0.3 is 0 Å². The number of thiophene rings is 1. The Kier molecular flexibility index (Phi) is 6.71. The van der Waals surface area contributed by atoms with Crippen LogP contribution in [-0.4, -0.2) is 4.98 Å². The molecule has 2 aromatic heterocycles. The number of benzene rings is 6. The van der Waals surface area contributed by atoms with Gasteiger partial charge in [0.2, 0.25) is 0 Å². The van der Waals surface area contributed by atoms with E-state index in [0.717, 1.165) is 17.1 Å². The van der Waals surface area contributed by atoms with Crippen molar-refractivity contribution in [2.75, 3.05) is 4.90 Å². The predicted octanol–water partition coefficient (Wildman–Crippen LogP) is 11.9. The Morgan fingerprint density at radius 1 is 0.409 bits per heavy atom. The summed E-state index contributed by atoms with van der Waals surface area (Å²) in [5.74, 6) is 0. The zero-order chi connectivity index (χ0) is 29.3. The molecular formula is C41H28N2S. The van der Waals surface area contributed by atoms with Crippen molar-refractivity contribution in [2.45, 2.75) is 0 Å². The van der Waals surface area contributed by atoms with Crippen LogP contribution >= 0.6 is 11.3 Å². The molecule has 0 fully saturated rings. The lowest BCUT2D eigenvalue weighted by Crippen LogP contribution is -2.10. The number of hydrogen-bond donors (Lipinski definition) is 0. The third-order valence-corrected chi connectivity index (χ3v) is 9.41. The topological polar surface area (TPSA) is 16.1 Å². The van der Waals surface area contributed by atoms with E-state index in [1.54, 1.807) is 0 Å². The van der Waals surface area contributed by atoms with Gasteiger partial charge in [-0.05, 0) is 69.8 Å². The van der Waals surface area contributed by atoms with Crippen LogP contribution in [0, 0.1) is 0 Å². The normalized spacial score (nSPS) is 11.2. The Balaban J connectivity index is 1.21. The Morgan fingerprint density at radius 3 is 1.41 bits per heavy atom. The van der Waals surface area contributed by atoms with Crippen LogP contribution in [0.5, 0.6) is 0 Å². The molecule has 0 atom stereocenters. The molecule has 44 heavy (non-hydrogen) atoms. The highest BCUT2D eigenvalue weighted by Crippen LogP contribution is 2.45. The maximum Gasteiger partial charge on any atom is 0.0640 e. The smallest absolute Gasteiger partial charge is 0.0640 e. The lowest BCUT2D eigenvalue weighted by atomic mass is 10.00. The highest BCUT2D eigenvalue weighted by Gasteiger charge is 2.18. The lowest BCUT2D eigenvalue weighted by molar-refractivity contribution is 1.30. The summed E-state index contributed by atoms with van der Waals surface area (Å²) in [5, 5.41) is 2.43. The van der Waals surface area contributed by atoms with Crippen LogP contribution in [0.15, 0.2) is 170 Å². The van der Waals surface area contributed by atoms with Gasteiger partial charge < -0.3 is 4.90 Å². The van der Waals surface area contributed by atoms with Crippen LogP contribution in [0.2, 0.25) is 0 Å². The van der Waals surface area contributed by atoms with Crippen molar-refractivity contribution < 1.29 is 0 Å². The Morgan fingerprint density at radius 2 is 0.886 bits per heavy atom. The molecule has 0 unspecified atom stereocenters. The van der Waals surface area contributed by atoms with Crippen LogP contribution in [-0.2, 0) is 0 Å². The minimum atomic E-state index is 1.12. The van der Waals surface area contributed by atoms with E-state index in [1.165, 1.54) is 53.6 Å². The van der Waals surface area contributed by atoms with E-state index < -0.39 is 0 Å². The first kappa shape index (κ1) is 26.1. The van der Waals surface area contributed by atoms with E-state index in [0.29, 0.717) is 0 Å². The summed E-state index contributed by atoms with van der Waals surface area (Å²) < 4.78 is 2.50. The maximum absolute atomic E-state index is 4.42. The van der Waals surface area contributed by atoms with Gasteiger partial charge in [0.05, 0.1) is 10.4 Å². The minimum Gasteiger partial charge on any atom is -0.309 e. The first-order valence-corrected chi connectivity index (χ1v) is 15.6. The minimum absolute atomic E-state index is 1.12. The average Bonchev–Trinajstić information content (AvgIpc) is 3.50. The fourth-order valence-electron chi connectivity index (χ4n) is 5.95. The average molecular weight is 581 g/mol. The number of fused-ring (bicyclic) bond motifs is 3. The molecule has 0 amide bonds. The van der Waals surface area contributed by atoms with Crippen LogP contribution < -0.4 is 4.90 Å². The molecular weight excluding hydrogens is 553 g/mol. The van der Waals surface area contributed by atoms with E-state index in [4.69, 9.17) is 0 Å². The summed E-state index contributed by atoms with van der Waals surface area (Å²) in [7, 11) is 0. The predicted molar refractivity (Wildman–Crippen MR) is 188 cm³/mol. The van der Waals surface area contributed by atoms with Gasteiger partial charge in [0.1, 0.15) is 0 Å². The SMILES string of the molecule is c1ccc(-c2ccc(-c3ccc(N(c4ccc(-c5ccccc5)cc4)c4cccc5c4sc4ccncc45)cc3)cc2)cc1. The Labute approximate surface area is 261 Å². The van der Waals surface area contributed by atoms with Gasteiger partial charge in [-0.1, -0.05) is 121 Å². The number of pyridine rings is 1. The van der Waals surface area contributed by atoms with Crippen molar-refractivity contribution in [1.29, 1.82) is 0 Å². The molecule has 0 saturated carbocycles. The number of anilines is 3. The van der Waals surface area contributed by atoms with E-state index in [9.17, 15) is 0 Å². The van der Waals surface area contributed by atoms with Crippen LogP contribution in [0.1, 0.15) is 0 Å². The Bertz CT molecular complexity index is 2180. The van der Waals surface area contributed by atoms with Crippen molar-refractivity contribution in [2.24, 2.45) is 0 Å². The first-order chi connectivity index (χ1) is 21.8. The molecule has 6 aromatic carbocycles. The van der Waals surface area contributed by atoms with Gasteiger partial charge in [-0.3, -0.25) is 4.98 Å². The van der Waals surface area contributed by atoms with Crippen LogP contribution in [0.4, 0.5) is 17.1 Å². The van der Waals surface area contributed by atoms with Gasteiger partial charge in [-0.25, -0.2) is 0 Å². The summed E-state index contributed by atoms with van der Waals surface area (Å²) in [4.78, 5) is 6.80. The van der Waals surface area contributed by atoms with E-state index >= 15 is 0 Å². The highest BCUT2D eigenvalue weighted by molar-refractivity contribution is 7.26. The van der Waals surface area contributed by atoms with Crippen molar-refractivity contribution in [3.63, 3.8) is 0 Å². The van der Waals surface area contributed by atoms with E-state index in [-0.39, 0.29) is 0 Å². The number of aromatic nitrogens is 1. The summed E-state index contributed by atoms with van der Waals surface area (Å²) in [6.45, 7) is 0. The molecule has 0 spiro atoms. The molecule has 0 radical (unpaired) electrons. The fraction of sp³-hybridized carbons (Fsp3) is 0. The third-order valence-electron chi connectivity index (χ3n) is 8.20. The van der Waals surface area contributed by atoms with Crippen molar-refractivity contribution >= 4 is 48.6 Å². The molecule has 8 aromatic rings. The van der Waals surface area contributed by atoms with Gasteiger partial charge in [0.25, 0.3) is 0 Å². The van der Waals surface area contributed by atoms with E-state index in [2.05, 4.69) is 168 Å². The molecule has 8 rings (SSSR count). The molecule has 2 nitrogen and oxygen atoms in total. The van der Waals surface area contributed by atoms with Gasteiger partial charge in [0, 0.05) is 39.2 Å². The second-order valence-electron chi connectivity index (χ2n) is 10.9. The summed E-state index contributed by atoms with van der Waals surface area (Å²) in [6.07, 6.45) is 3.86. The number of hydrogen-bond acceptors (Lipinski definition) is 3. The van der Waals surface area contributed by atoms with Crippen molar-refractivity contribution in [1.82, 2.24) is 4.98 Å². The van der Waals surface area contributed by atoms with Gasteiger partial charge in [-0.15, -0.1) is 11.3 Å². The molecule has 0 N–H and O–H groups in total. The second-order valence-corrected chi connectivity index (χ2v) is 11.9. The van der Waals surface area contributed by atoms with Gasteiger partial charge in [0.15, 0.2) is 0 Å². The molecule has 2 heterocycles. The standard InChI is InChI=1S/C41H28N2S/c1-3-8-29(9-4-1)31-14-16-32(17-15-31)34-20-24-36(25-21-34)43(35-22-18-33(19-23-35)30-10-5-2-6-11-30)39-13-7-12-37-38-28-42-27-26-40(38)44-41(37)39/h1-28H. The van der Waals surface area contributed by atoms with Gasteiger partial charge in [-0.2, -0.15) is 0 Å². The second kappa shape index (κ2) is 11.3. The highest BCUT2D eigenvalue weighted by atomic mass is 32.1. The van der Waals surface area contributed by atoms with Crippen LogP contribution in [0.3, 0.4) is 0 Å². The first-order valence-electron chi connectivity index (χ1n) is 14.8. The molecule has 3 heteroatoms. The van der Waals surface area contributed by atoms with E-state index in [1.807, 2.05) is 23.7 Å². The lowest BCUT2D eigenvalue weighted by Gasteiger charge is -2.26. The molecule has 208 valence electrons. The summed E-state index contributed by atoms with van der Waals surface area (Å²) in [6, 6.07) is 56.4. The summed E-state index contributed by atoms with van der Waals surface area (Å²) in [5.41, 5.74) is 10.7. The monoisotopic (exact) mass is 580 g/mol. The quantitative estimate of drug-likeness (QED) is 0.194. The number of nitrogens with zero attached hydrogens (tertiary/aromatic N) is 2. The molecule has 0 aliphatic rings. The molecule has 0 bridgehead atoms. The zero-order valence-electron chi connectivity index (χ0n) is 24.0. The largest absolute Gasteiger partial charge is 0.309 e. The molecule has 0 saturated heterocycles. The van der Waals surface area contributed by atoms with Crippen LogP contribution in [0.25, 0.3) is 53.6 Å². The zero-order valence-corrected chi connectivity index (χ0v) is 24.8. The number of rotatable bonds is 6.